The number of carbonyl (C=O) groups is 4. The largest absolute Gasteiger partial charge is 0.469 e. The lowest BCUT2D eigenvalue weighted by Gasteiger charge is -2.20. The Kier molecular flexibility index (Phi) is 12.5. The van der Waals surface area contributed by atoms with E-state index in [0.29, 0.717) is 23.6 Å². The van der Waals surface area contributed by atoms with Gasteiger partial charge in [0.05, 0.1) is 17.2 Å². The van der Waals surface area contributed by atoms with Crippen LogP contribution in [0.5, 0.6) is 0 Å². The standard InChI is InChI=1S/C30H31Cl2N3O6/c1-40-27(36)16-14-21-10-5-6-11-25(21)34-29(38)26(35-28(37)22-13-15-23(31)24(32)18-22)12-7-17-33-30(39)41-19-20-8-3-2-4-9-20/h2-6,8-11,13,15,18,26H,7,12,14,16-17,19H2,1H3,(H,33,39)(H,34,38)(H,35,37)/t26-/m0/s1. The zero-order chi connectivity index (χ0) is 29.6. The van der Waals surface area contributed by atoms with Crippen LogP contribution in [0.2, 0.25) is 10.0 Å². The molecule has 3 N–H and O–H groups in total. The van der Waals surface area contributed by atoms with E-state index in [1.54, 1.807) is 24.3 Å². The Bertz CT molecular complexity index is 1350. The van der Waals surface area contributed by atoms with Gasteiger partial charge in [-0.15, -0.1) is 0 Å². The third kappa shape index (κ3) is 10.4. The minimum absolute atomic E-state index is 0.132. The number of para-hydroxylation sites is 1. The molecule has 41 heavy (non-hydrogen) atoms. The van der Waals surface area contributed by atoms with Crippen molar-refractivity contribution in [1.82, 2.24) is 10.6 Å². The Labute approximate surface area is 248 Å². The summed E-state index contributed by atoms with van der Waals surface area (Å²) in [6.45, 7) is 0.350. The van der Waals surface area contributed by atoms with Crippen LogP contribution in [0.15, 0.2) is 72.8 Å². The molecule has 1 atom stereocenters. The predicted octanol–water partition coefficient (Wildman–Crippen LogP) is 5.54. The second-order valence-electron chi connectivity index (χ2n) is 9.01. The number of nitrogens with one attached hydrogen (secondary N) is 3. The van der Waals surface area contributed by atoms with Gasteiger partial charge in [0.1, 0.15) is 12.6 Å². The van der Waals surface area contributed by atoms with Crippen LogP contribution >= 0.6 is 23.2 Å². The SMILES string of the molecule is COC(=O)CCc1ccccc1NC(=O)[C@H](CCCNC(=O)OCc1ccccc1)NC(=O)c1ccc(Cl)c(Cl)c1. The van der Waals surface area contributed by atoms with Crippen molar-refractivity contribution in [3.05, 3.63) is 99.5 Å². The topological polar surface area (TPSA) is 123 Å². The molecular formula is C30H31Cl2N3O6. The molecule has 0 aliphatic heterocycles. The summed E-state index contributed by atoms with van der Waals surface area (Å²) in [4.78, 5) is 50.0. The summed E-state index contributed by atoms with van der Waals surface area (Å²) >= 11 is 12.0. The summed E-state index contributed by atoms with van der Waals surface area (Å²) in [7, 11) is 1.31. The highest BCUT2D eigenvalue weighted by atomic mass is 35.5. The van der Waals surface area contributed by atoms with Crippen molar-refractivity contribution in [2.45, 2.75) is 38.3 Å². The molecule has 0 bridgehead atoms. The second-order valence-corrected chi connectivity index (χ2v) is 9.82. The molecule has 0 aromatic heterocycles. The van der Waals surface area contributed by atoms with Crippen LogP contribution in [0.1, 0.15) is 40.7 Å². The molecule has 11 heteroatoms. The number of halogens is 2. The maximum atomic E-state index is 13.4. The zero-order valence-corrected chi connectivity index (χ0v) is 24.0. The number of carbonyl (C=O) groups excluding carboxylic acids is 4. The van der Waals surface area contributed by atoms with Crippen LogP contribution in [0.25, 0.3) is 0 Å². The molecule has 0 heterocycles. The van der Waals surface area contributed by atoms with Gasteiger partial charge in [-0.3, -0.25) is 14.4 Å². The van der Waals surface area contributed by atoms with Crippen molar-refractivity contribution in [3.8, 4) is 0 Å². The fourth-order valence-electron chi connectivity index (χ4n) is 3.84. The highest BCUT2D eigenvalue weighted by Gasteiger charge is 2.23. The van der Waals surface area contributed by atoms with Gasteiger partial charge < -0.3 is 25.4 Å². The molecule has 3 aromatic rings. The Hall–Kier alpha value is -4.08. The van der Waals surface area contributed by atoms with Crippen molar-refractivity contribution in [1.29, 1.82) is 0 Å². The summed E-state index contributed by atoms with van der Waals surface area (Å²) in [6.07, 6.45) is 0.492. The summed E-state index contributed by atoms with van der Waals surface area (Å²) in [6, 6.07) is 19.8. The van der Waals surface area contributed by atoms with Gasteiger partial charge in [-0.2, -0.15) is 0 Å². The van der Waals surface area contributed by atoms with E-state index in [9.17, 15) is 19.2 Å². The Morgan fingerprint density at radius 3 is 2.37 bits per heavy atom. The van der Waals surface area contributed by atoms with Gasteiger partial charge in [0.2, 0.25) is 5.91 Å². The van der Waals surface area contributed by atoms with Crippen molar-refractivity contribution < 1.29 is 28.7 Å². The van der Waals surface area contributed by atoms with E-state index in [1.807, 2.05) is 30.3 Å². The molecule has 0 spiro atoms. The fourth-order valence-corrected chi connectivity index (χ4v) is 4.14. The molecule has 3 amide bonds. The number of amides is 3. The first-order valence-electron chi connectivity index (χ1n) is 12.9. The quantitative estimate of drug-likeness (QED) is 0.175. The molecule has 0 saturated carbocycles. The van der Waals surface area contributed by atoms with Gasteiger partial charge in [-0.05, 0) is 54.7 Å². The Morgan fingerprint density at radius 2 is 1.63 bits per heavy atom. The van der Waals surface area contributed by atoms with Gasteiger partial charge in [-0.1, -0.05) is 71.7 Å². The number of alkyl carbamates (subject to hydrolysis) is 1. The first-order valence-corrected chi connectivity index (χ1v) is 13.7. The number of methoxy groups -OCH3 is 1. The third-order valence-corrected chi connectivity index (χ3v) is 6.80. The van der Waals surface area contributed by atoms with Crippen molar-refractivity contribution >= 4 is 52.8 Å². The van der Waals surface area contributed by atoms with Crippen LogP contribution in [-0.4, -0.2) is 43.6 Å². The molecule has 0 radical (unpaired) electrons. The van der Waals surface area contributed by atoms with Gasteiger partial charge in [0.25, 0.3) is 5.91 Å². The molecule has 0 unspecified atom stereocenters. The summed E-state index contributed by atoms with van der Waals surface area (Å²) in [5.41, 5.74) is 2.34. The molecular weight excluding hydrogens is 569 g/mol. The van der Waals surface area contributed by atoms with Crippen LogP contribution in [-0.2, 0) is 32.1 Å². The third-order valence-electron chi connectivity index (χ3n) is 6.06. The van der Waals surface area contributed by atoms with Gasteiger partial charge >= 0.3 is 12.1 Å². The molecule has 3 aromatic carbocycles. The van der Waals surface area contributed by atoms with E-state index in [2.05, 4.69) is 16.0 Å². The van der Waals surface area contributed by atoms with E-state index < -0.39 is 23.9 Å². The van der Waals surface area contributed by atoms with Crippen LogP contribution in [0.3, 0.4) is 0 Å². The van der Waals surface area contributed by atoms with Crippen LogP contribution in [0.4, 0.5) is 10.5 Å². The Morgan fingerprint density at radius 1 is 0.902 bits per heavy atom. The lowest BCUT2D eigenvalue weighted by Crippen LogP contribution is -2.44. The molecule has 3 rings (SSSR count). The smallest absolute Gasteiger partial charge is 0.407 e. The number of rotatable bonds is 13. The number of hydrogen-bond donors (Lipinski definition) is 3. The summed E-state index contributed by atoms with van der Waals surface area (Å²) in [5, 5.41) is 8.76. The second kappa shape index (κ2) is 16.2. The average molecular weight is 600 g/mol. The number of anilines is 1. The molecule has 9 nitrogen and oxygen atoms in total. The molecule has 0 saturated heterocycles. The van der Waals surface area contributed by atoms with E-state index in [-0.39, 0.29) is 42.5 Å². The monoisotopic (exact) mass is 599 g/mol. The first kappa shape index (κ1) is 31.4. The zero-order valence-electron chi connectivity index (χ0n) is 22.5. The van der Waals surface area contributed by atoms with Crippen molar-refractivity contribution in [2.75, 3.05) is 19.0 Å². The summed E-state index contributed by atoms with van der Waals surface area (Å²) in [5.74, 6) is -1.35. The number of benzene rings is 3. The van der Waals surface area contributed by atoms with Gasteiger partial charge in [0, 0.05) is 24.2 Å². The molecule has 0 fully saturated rings. The maximum absolute atomic E-state index is 13.4. The number of esters is 1. The van der Waals surface area contributed by atoms with E-state index in [0.717, 1.165) is 11.1 Å². The number of aryl methyl sites for hydroxylation is 1. The van der Waals surface area contributed by atoms with E-state index in [1.165, 1.54) is 25.3 Å². The first-order chi connectivity index (χ1) is 19.8. The minimum atomic E-state index is -0.951. The number of ether oxygens (including phenoxy) is 2. The number of hydrogen-bond acceptors (Lipinski definition) is 6. The highest BCUT2D eigenvalue weighted by molar-refractivity contribution is 6.42. The van der Waals surface area contributed by atoms with Crippen LogP contribution in [0, 0.1) is 0 Å². The minimum Gasteiger partial charge on any atom is -0.469 e. The normalized spacial score (nSPS) is 11.2. The lowest BCUT2D eigenvalue weighted by atomic mass is 10.1. The van der Waals surface area contributed by atoms with Gasteiger partial charge in [0.15, 0.2) is 0 Å². The van der Waals surface area contributed by atoms with Crippen molar-refractivity contribution in [3.63, 3.8) is 0 Å². The highest BCUT2D eigenvalue weighted by Crippen LogP contribution is 2.23. The van der Waals surface area contributed by atoms with E-state index >= 15 is 0 Å². The molecule has 0 aliphatic rings. The summed E-state index contributed by atoms with van der Waals surface area (Å²) < 4.78 is 9.92. The van der Waals surface area contributed by atoms with E-state index in [4.69, 9.17) is 32.7 Å². The lowest BCUT2D eigenvalue weighted by molar-refractivity contribution is -0.140. The predicted molar refractivity (Wildman–Crippen MR) is 157 cm³/mol. The van der Waals surface area contributed by atoms with Gasteiger partial charge in [-0.25, -0.2) is 4.79 Å². The van der Waals surface area contributed by atoms with Crippen LogP contribution < -0.4 is 16.0 Å². The molecule has 0 aliphatic carbocycles. The van der Waals surface area contributed by atoms with Crippen molar-refractivity contribution in [2.24, 2.45) is 0 Å². The maximum Gasteiger partial charge on any atom is 0.407 e. The average Bonchev–Trinajstić information content (AvgIpc) is 2.98. The molecule has 216 valence electrons. The fraction of sp³-hybridized carbons (Fsp3) is 0.267. The Balaban J connectivity index is 1.63.